The molecule has 0 radical (unpaired) electrons. The predicted octanol–water partition coefficient (Wildman–Crippen LogP) is 4.68. The second kappa shape index (κ2) is 9.68. The highest BCUT2D eigenvalue weighted by Gasteiger charge is 2.22. The van der Waals surface area contributed by atoms with Crippen LogP contribution in [0.3, 0.4) is 0 Å². The molecule has 1 amide bonds. The Morgan fingerprint density at radius 3 is 2.47 bits per heavy atom. The van der Waals surface area contributed by atoms with Crippen molar-refractivity contribution in [2.24, 2.45) is 0 Å². The van der Waals surface area contributed by atoms with E-state index >= 15 is 0 Å². The summed E-state index contributed by atoms with van der Waals surface area (Å²) < 4.78 is 27.5. The van der Waals surface area contributed by atoms with E-state index in [9.17, 15) is 13.2 Å². The van der Waals surface area contributed by atoms with Gasteiger partial charge in [-0.25, -0.2) is 13.4 Å². The van der Waals surface area contributed by atoms with Crippen molar-refractivity contribution in [3.63, 3.8) is 0 Å². The number of fused-ring (bicyclic) bond motifs is 1. The summed E-state index contributed by atoms with van der Waals surface area (Å²) in [6.07, 6.45) is 2.95. The molecule has 1 aromatic heterocycles. The van der Waals surface area contributed by atoms with Gasteiger partial charge in [0.1, 0.15) is 0 Å². The van der Waals surface area contributed by atoms with Gasteiger partial charge >= 0.3 is 0 Å². The lowest BCUT2D eigenvalue weighted by Crippen LogP contribution is -2.33. The lowest BCUT2D eigenvalue weighted by Gasteiger charge is -2.21. The van der Waals surface area contributed by atoms with Crippen molar-refractivity contribution in [2.75, 3.05) is 12.4 Å². The molecule has 30 heavy (non-hydrogen) atoms. The average molecular weight is 446 g/mol. The molecule has 0 aliphatic rings. The van der Waals surface area contributed by atoms with Crippen LogP contribution in [0.2, 0.25) is 0 Å². The van der Waals surface area contributed by atoms with E-state index in [0.29, 0.717) is 12.1 Å². The third-order valence-corrected chi connectivity index (χ3v) is 8.07. The molecule has 0 spiro atoms. The molecule has 0 bridgehead atoms. The van der Waals surface area contributed by atoms with Crippen LogP contribution >= 0.6 is 11.3 Å². The number of hydrogen-bond acceptors (Lipinski definition) is 5. The van der Waals surface area contributed by atoms with Crippen molar-refractivity contribution in [3.8, 4) is 0 Å². The number of para-hydroxylation sites is 1. The van der Waals surface area contributed by atoms with E-state index in [0.717, 1.165) is 29.8 Å². The van der Waals surface area contributed by atoms with E-state index in [1.165, 1.54) is 21.1 Å². The molecule has 0 fully saturated rings. The minimum atomic E-state index is -3.52. The summed E-state index contributed by atoms with van der Waals surface area (Å²) in [5.41, 5.74) is 1.62. The van der Waals surface area contributed by atoms with Crippen LogP contribution in [-0.4, -0.2) is 36.7 Å². The molecular formula is C22H27N3O3S2. The van der Waals surface area contributed by atoms with Gasteiger partial charge in [-0.2, -0.15) is 4.31 Å². The zero-order valence-corrected chi connectivity index (χ0v) is 19.1. The highest BCUT2D eigenvalue weighted by molar-refractivity contribution is 7.89. The Morgan fingerprint density at radius 1 is 1.10 bits per heavy atom. The number of hydrogen-bond donors (Lipinski definition) is 1. The number of amides is 1. The lowest BCUT2D eigenvalue weighted by molar-refractivity contribution is -0.116. The summed E-state index contributed by atoms with van der Waals surface area (Å²) in [5, 5.41) is 3.93. The van der Waals surface area contributed by atoms with Crippen LogP contribution in [0.5, 0.6) is 0 Å². The van der Waals surface area contributed by atoms with Gasteiger partial charge in [-0.15, -0.1) is 11.3 Å². The molecule has 3 rings (SSSR count). The van der Waals surface area contributed by atoms with Crippen LogP contribution in [-0.2, 0) is 21.2 Å². The number of carbonyl (C=O) groups is 1. The lowest BCUT2D eigenvalue weighted by atomic mass is 10.2. The van der Waals surface area contributed by atoms with Gasteiger partial charge in [0.05, 0.1) is 20.1 Å². The summed E-state index contributed by atoms with van der Waals surface area (Å²) >= 11 is 1.70. The first kappa shape index (κ1) is 22.4. The second-order valence-corrected chi connectivity index (χ2v) is 10.6. The Bertz CT molecular complexity index is 1070. The predicted molar refractivity (Wildman–Crippen MR) is 122 cm³/mol. The van der Waals surface area contributed by atoms with Crippen molar-refractivity contribution < 1.29 is 13.2 Å². The van der Waals surface area contributed by atoms with Crippen LogP contribution in [0.25, 0.3) is 10.2 Å². The molecular weight excluding hydrogens is 418 g/mol. The van der Waals surface area contributed by atoms with Gasteiger partial charge in [-0.05, 0) is 69.5 Å². The first-order chi connectivity index (χ1) is 14.3. The maximum Gasteiger partial charge on any atom is 0.243 e. The summed E-state index contributed by atoms with van der Waals surface area (Å²) in [6.45, 7) is 3.64. The average Bonchev–Trinajstić information content (AvgIpc) is 3.14. The fourth-order valence-electron chi connectivity index (χ4n) is 2.97. The highest BCUT2D eigenvalue weighted by atomic mass is 32.2. The molecule has 1 N–H and O–H groups in total. The van der Waals surface area contributed by atoms with Gasteiger partial charge in [0, 0.05) is 25.2 Å². The molecule has 0 unspecified atom stereocenters. The first-order valence-electron chi connectivity index (χ1n) is 10.00. The van der Waals surface area contributed by atoms with Crippen molar-refractivity contribution in [1.82, 2.24) is 9.29 Å². The van der Waals surface area contributed by atoms with Gasteiger partial charge in [-0.3, -0.25) is 4.79 Å². The minimum Gasteiger partial charge on any atom is -0.326 e. The van der Waals surface area contributed by atoms with Gasteiger partial charge in [-0.1, -0.05) is 12.1 Å². The molecule has 1 heterocycles. The van der Waals surface area contributed by atoms with Crippen molar-refractivity contribution in [2.45, 2.75) is 50.5 Å². The smallest absolute Gasteiger partial charge is 0.243 e. The van der Waals surface area contributed by atoms with Crippen LogP contribution < -0.4 is 5.32 Å². The van der Waals surface area contributed by atoms with Gasteiger partial charge in [0.15, 0.2) is 0 Å². The van der Waals surface area contributed by atoms with Crippen molar-refractivity contribution in [3.05, 3.63) is 53.5 Å². The maximum absolute atomic E-state index is 12.5. The van der Waals surface area contributed by atoms with Crippen molar-refractivity contribution >= 4 is 43.2 Å². The number of nitrogens with zero attached hydrogens (tertiary/aromatic N) is 2. The van der Waals surface area contributed by atoms with E-state index in [-0.39, 0.29) is 16.8 Å². The molecule has 3 aromatic rings. The molecule has 8 heteroatoms. The Morgan fingerprint density at radius 2 is 1.80 bits per heavy atom. The number of carbonyl (C=O) groups excluding carboxylic acids is 1. The number of unbranched alkanes of at least 4 members (excludes halogenated alkanes) is 1. The number of thiazole rings is 1. The monoisotopic (exact) mass is 445 g/mol. The number of anilines is 1. The zero-order valence-electron chi connectivity index (χ0n) is 17.5. The minimum absolute atomic E-state index is 0.0748. The molecule has 2 aromatic carbocycles. The van der Waals surface area contributed by atoms with Gasteiger partial charge in [0.2, 0.25) is 15.9 Å². The van der Waals surface area contributed by atoms with Crippen LogP contribution in [0, 0.1) is 0 Å². The number of aryl methyl sites for hydroxylation is 1. The molecule has 0 saturated heterocycles. The maximum atomic E-state index is 12.5. The van der Waals surface area contributed by atoms with Crippen LogP contribution in [0.1, 0.15) is 38.1 Å². The fraction of sp³-hybridized carbons (Fsp3) is 0.364. The van der Waals surface area contributed by atoms with E-state index in [2.05, 4.69) is 16.4 Å². The molecule has 0 aliphatic heterocycles. The second-order valence-electron chi connectivity index (χ2n) is 7.47. The third-order valence-electron chi connectivity index (χ3n) is 4.92. The number of nitrogens with one attached hydrogen (secondary N) is 1. The highest BCUT2D eigenvalue weighted by Crippen LogP contribution is 2.23. The molecule has 0 atom stereocenters. The largest absolute Gasteiger partial charge is 0.326 e. The number of sulfonamides is 1. The van der Waals surface area contributed by atoms with Gasteiger partial charge in [0.25, 0.3) is 0 Å². The molecule has 0 aliphatic carbocycles. The topological polar surface area (TPSA) is 79.4 Å². The summed E-state index contributed by atoms with van der Waals surface area (Å²) in [6, 6.07) is 14.3. The van der Waals surface area contributed by atoms with E-state index in [4.69, 9.17) is 0 Å². The Kier molecular flexibility index (Phi) is 7.23. The Balaban J connectivity index is 1.46. The molecule has 6 nitrogen and oxygen atoms in total. The SMILES string of the molecule is CC(C)N(C)S(=O)(=O)c1ccc(NC(=O)CCCCc2nc3ccccc3s2)cc1. The Hall–Kier alpha value is -2.29. The number of aromatic nitrogens is 1. The zero-order chi connectivity index (χ0) is 21.7. The normalized spacial score (nSPS) is 12.0. The number of rotatable bonds is 9. The van der Waals surface area contributed by atoms with Crippen molar-refractivity contribution in [1.29, 1.82) is 0 Å². The summed E-state index contributed by atoms with van der Waals surface area (Å²) in [5.74, 6) is -0.0748. The summed E-state index contributed by atoms with van der Waals surface area (Å²) in [7, 11) is -1.96. The fourth-order valence-corrected chi connectivity index (χ4v) is 5.34. The standard InChI is InChI=1S/C22H27N3O3S2/c1-16(2)25(3)30(27,28)18-14-12-17(13-15-18)23-21(26)10-6-7-11-22-24-19-8-4-5-9-20(19)29-22/h4-5,8-9,12-16H,6-7,10-11H2,1-3H3,(H,23,26). The summed E-state index contributed by atoms with van der Waals surface area (Å²) in [4.78, 5) is 17.0. The molecule has 160 valence electrons. The van der Waals surface area contributed by atoms with E-state index in [1.54, 1.807) is 30.5 Å². The van der Waals surface area contributed by atoms with Crippen LogP contribution in [0.4, 0.5) is 5.69 Å². The first-order valence-corrected chi connectivity index (χ1v) is 12.3. The van der Waals surface area contributed by atoms with Gasteiger partial charge < -0.3 is 5.32 Å². The third kappa shape index (κ3) is 5.44. The van der Waals surface area contributed by atoms with E-state index < -0.39 is 10.0 Å². The number of benzene rings is 2. The quantitative estimate of drug-likeness (QED) is 0.485. The molecule has 0 saturated carbocycles. The van der Waals surface area contributed by atoms with Crippen LogP contribution in [0.15, 0.2) is 53.4 Å². The van der Waals surface area contributed by atoms with E-state index in [1.807, 2.05) is 32.0 Å². The Labute approximate surface area is 182 Å².